The van der Waals surface area contributed by atoms with Gasteiger partial charge in [-0.3, -0.25) is 4.90 Å². The zero-order chi connectivity index (χ0) is 14.7. The van der Waals surface area contributed by atoms with Crippen molar-refractivity contribution in [2.45, 2.75) is 58.7 Å². The molecule has 1 aromatic carbocycles. The Labute approximate surface area is 129 Å². The Morgan fingerprint density at radius 2 is 1.90 bits per heavy atom. The molecule has 0 amide bonds. The largest absolute Gasteiger partial charge is 0.312 e. The molecule has 2 nitrogen and oxygen atoms in total. The second-order valence-electron chi connectivity index (χ2n) is 7.45. The molecule has 0 aliphatic heterocycles. The molecule has 3 rings (SSSR count). The molecule has 0 spiro atoms. The second kappa shape index (κ2) is 6.93. The van der Waals surface area contributed by atoms with Crippen LogP contribution in [0.2, 0.25) is 0 Å². The van der Waals surface area contributed by atoms with E-state index in [0.717, 1.165) is 37.5 Å². The second-order valence-corrected chi connectivity index (χ2v) is 7.45. The van der Waals surface area contributed by atoms with Crippen molar-refractivity contribution in [3.05, 3.63) is 35.4 Å². The van der Waals surface area contributed by atoms with Gasteiger partial charge >= 0.3 is 0 Å². The van der Waals surface area contributed by atoms with Gasteiger partial charge in [0.1, 0.15) is 0 Å². The molecule has 2 fully saturated rings. The highest BCUT2D eigenvalue weighted by Crippen LogP contribution is 2.35. The molecule has 1 N–H and O–H groups in total. The molecule has 0 unspecified atom stereocenters. The number of hydrogen-bond donors (Lipinski definition) is 1. The van der Waals surface area contributed by atoms with Crippen molar-refractivity contribution in [3.8, 4) is 0 Å². The fourth-order valence-electron chi connectivity index (χ4n) is 2.99. The van der Waals surface area contributed by atoms with Gasteiger partial charge in [0.25, 0.3) is 0 Å². The SMILES string of the molecule is CC(C)CNCc1cccc(CN(CC2CC2)C2CC2)c1. The first-order valence-corrected chi connectivity index (χ1v) is 8.73. The predicted molar refractivity (Wildman–Crippen MR) is 89.1 cm³/mol. The van der Waals surface area contributed by atoms with Crippen LogP contribution < -0.4 is 5.32 Å². The van der Waals surface area contributed by atoms with Crippen LogP contribution in [0.15, 0.2) is 24.3 Å². The first kappa shape index (κ1) is 15.1. The normalized spacial score (nSPS) is 18.7. The zero-order valence-electron chi connectivity index (χ0n) is 13.6. The highest BCUT2D eigenvalue weighted by Gasteiger charge is 2.33. The van der Waals surface area contributed by atoms with E-state index in [1.165, 1.54) is 43.4 Å². The summed E-state index contributed by atoms with van der Waals surface area (Å²) < 4.78 is 0. The van der Waals surface area contributed by atoms with E-state index in [0.29, 0.717) is 0 Å². The molecule has 0 atom stereocenters. The summed E-state index contributed by atoms with van der Waals surface area (Å²) in [5.74, 6) is 1.72. The predicted octanol–water partition coefficient (Wildman–Crippen LogP) is 3.81. The molecule has 0 bridgehead atoms. The van der Waals surface area contributed by atoms with E-state index < -0.39 is 0 Å². The molecule has 21 heavy (non-hydrogen) atoms. The van der Waals surface area contributed by atoms with E-state index in [-0.39, 0.29) is 0 Å². The summed E-state index contributed by atoms with van der Waals surface area (Å²) in [7, 11) is 0. The first-order valence-electron chi connectivity index (χ1n) is 8.73. The van der Waals surface area contributed by atoms with Gasteiger partial charge in [0, 0.05) is 25.7 Å². The zero-order valence-corrected chi connectivity index (χ0v) is 13.6. The standard InChI is InChI=1S/C19H30N2/c1-15(2)11-20-12-17-4-3-5-18(10-17)14-21(19-8-9-19)13-16-6-7-16/h3-5,10,15-16,19-20H,6-9,11-14H2,1-2H3. The van der Waals surface area contributed by atoms with E-state index >= 15 is 0 Å². The van der Waals surface area contributed by atoms with Crippen LogP contribution in [0, 0.1) is 11.8 Å². The Bertz CT molecular complexity index is 447. The maximum absolute atomic E-state index is 3.55. The van der Waals surface area contributed by atoms with Crippen molar-refractivity contribution in [2.75, 3.05) is 13.1 Å². The quantitative estimate of drug-likeness (QED) is 0.742. The summed E-state index contributed by atoms with van der Waals surface area (Å²) >= 11 is 0. The Morgan fingerprint density at radius 1 is 1.14 bits per heavy atom. The van der Waals surface area contributed by atoms with E-state index in [4.69, 9.17) is 0 Å². The highest BCUT2D eigenvalue weighted by atomic mass is 15.2. The van der Waals surface area contributed by atoms with Crippen LogP contribution in [-0.4, -0.2) is 24.0 Å². The van der Waals surface area contributed by atoms with E-state index in [2.05, 4.69) is 48.3 Å². The van der Waals surface area contributed by atoms with Gasteiger partial charge < -0.3 is 5.32 Å². The molecule has 1 aromatic rings. The summed E-state index contributed by atoms with van der Waals surface area (Å²) in [5.41, 5.74) is 2.92. The Balaban J connectivity index is 1.53. The molecule has 2 aliphatic rings. The lowest BCUT2D eigenvalue weighted by Gasteiger charge is -2.22. The number of hydrogen-bond acceptors (Lipinski definition) is 2. The van der Waals surface area contributed by atoms with Gasteiger partial charge in [-0.25, -0.2) is 0 Å². The summed E-state index contributed by atoms with van der Waals surface area (Å²) in [6, 6.07) is 10.1. The topological polar surface area (TPSA) is 15.3 Å². The molecule has 2 saturated carbocycles. The van der Waals surface area contributed by atoms with Crippen LogP contribution in [-0.2, 0) is 13.1 Å². The Hall–Kier alpha value is -0.860. The highest BCUT2D eigenvalue weighted by molar-refractivity contribution is 5.23. The minimum atomic E-state index is 0.720. The molecular formula is C19H30N2. The van der Waals surface area contributed by atoms with E-state index in [9.17, 15) is 0 Å². The van der Waals surface area contributed by atoms with Gasteiger partial charge in [-0.2, -0.15) is 0 Å². The molecule has 0 aromatic heterocycles. The van der Waals surface area contributed by atoms with Gasteiger partial charge in [-0.05, 0) is 55.2 Å². The van der Waals surface area contributed by atoms with Crippen molar-refractivity contribution < 1.29 is 0 Å². The van der Waals surface area contributed by atoms with Gasteiger partial charge in [0.05, 0.1) is 0 Å². The van der Waals surface area contributed by atoms with Gasteiger partial charge in [-0.15, -0.1) is 0 Å². The van der Waals surface area contributed by atoms with E-state index in [1.807, 2.05) is 0 Å². The maximum atomic E-state index is 3.55. The lowest BCUT2D eigenvalue weighted by molar-refractivity contribution is 0.244. The summed E-state index contributed by atoms with van der Waals surface area (Å²) in [4.78, 5) is 2.73. The lowest BCUT2D eigenvalue weighted by Crippen LogP contribution is -2.28. The smallest absolute Gasteiger partial charge is 0.0236 e. The van der Waals surface area contributed by atoms with Crippen molar-refractivity contribution >= 4 is 0 Å². The molecule has 0 heterocycles. The Kier molecular flexibility index (Phi) is 4.97. The van der Waals surface area contributed by atoms with Crippen LogP contribution in [0.1, 0.15) is 50.7 Å². The minimum Gasteiger partial charge on any atom is -0.312 e. The van der Waals surface area contributed by atoms with Crippen molar-refractivity contribution in [3.63, 3.8) is 0 Å². The van der Waals surface area contributed by atoms with Crippen molar-refractivity contribution in [1.29, 1.82) is 0 Å². The summed E-state index contributed by atoms with van der Waals surface area (Å²) in [6.45, 7) is 9.10. The van der Waals surface area contributed by atoms with E-state index in [1.54, 1.807) is 0 Å². The molecule has 0 saturated heterocycles. The van der Waals surface area contributed by atoms with Crippen LogP contribution in [0.4, 0.5) is 0 Å². The Morgan fingerprint density at radius 3 is 2.57 bits per heavy atom. The number of nitrogens with zero attached hydrogens (tertiary/aromatic N) is 1. The maximum Gasteiger partial charge on any atom is 0.0236 e. The number of nitrogens with one attached hydrogen (secondary N) is 1. The third-order valence-corrected chi connectivity index (χ3v) is 4.51. The number of benzene rings is 1. The van der Waals surface area contributed by atoms with Crippen molar-refractivity contribution in [2.24, 2.45) is 11.8 Å². The molecule has 2 heteroatoms. The molecule has 116 valence electrons. The van der Waals surface area contributed by atoms with Gasteiger partial charge in [0.2, 0.25) is 0 Å². The lowest BCUT2D eigenvalue weighted by atomic mass is 10.1. The molecular weight excluding hydrogens is 256 g/mol. The van der Waals surface area contributed by atoms with Gasteiger partial charge in [0.15, 0.2) is 0 Å². The molecule has 0 radical (unpaired) electrons. The van der Waals surface area contributed by atoms with Crippen molar-refractivity contribution in [1.82, 2.24) is 10.2 Å². The fraction of sp³-hybridized carbons (Fsp3) is 0.684. The third kappa shape index (κ3) is 5.12. The van der Waals surface area contributed by atoms with Crippen LogP contribution in [0.25, 0.3) is 0 Å². The first-order chi connectivity index (χ1) is 10.2. The average molecular weight is 286 g/mol. The summed E-state index contributed by atoms with van der Waals surface area (Å²) in [6.07, 6.45) is 5.76. The fourth-order valence-corrected chi connectivity index (χ4v) is 2.99. The van der Waals surface area contributed by atoms with Crippen LogP contribution in [0.5, 0.6) is 0 Å². The van der Waals surface area contributed by atoms with Crippen LogP contribution >= 0.6 is 0 Å². The van der Waals surface area contributed by atoms with Crippen LogP contribution in [0.3, 0.4) is 0 Å². The van der Waals surface area contributed by atoms with Gasteiger partial charge in [-0.1, -0.05) is 38.1 Å². The average Bonchev–Trinajstić information content (AvgIpc) is 3.32. The number of rotatable bonds is 9. The third-order valence-electron chi connectivity index (χ3n) is 4.51. The summed E-state index contributed by atoms with van der Waals surface area (Å²) in [5, 5.41) is 3.55. The minimum absolute atomic E-state index is 0.720. The monoisotopic (exact) mass is 286 g/mol. The molecule has 2 aliphatic carbocycles.